The number of nitrogens with one attached hydrogen (secondary N) is 1. The summed E-state index contributed by atoms with van der Waals surface area (Å²) < 4.78 is 1.17. The molecule has 2 aromatic rings. The van der Waals surface area contributed by atoms with E-state index >= 15 is 0 Å². The second-order valence-electron chi connectivity index (χ2n) is 6.21. The molecule has 0 aliphatic heterocycles. The summed E-state index contributed by atoms with van der Waals surface area (Å²) in [6.07, 6.45) is 0. The van der Waals surface area contributed by atoms with Gasteiger partial charge in [0.1, 0.15) is 5.82 Å². The van der Waals surface area contributed by atoms with Crippen LogP contribution in [-0.2, 0) is 13.1 Å². The third kappa shape index (κ3) is 5.41. The topological polar surface area (TPSA) is 28.2 Å². The largest absolute Gasteiger partial charge is 0.355 e. The highest BCUT2D eigenvalue weighted by Gasteiger charge is 2.10. The Labute approximate surface area is 139 Å². The number of hydrogen-bond acceptors (Lipinski definition) is 4. The van der Waals surface area contributed by atoms with Crippen molar-refractivity contribution in [2.24, 2.45) is 0 Å². The highest BCUT2D eigenvalue weighted by atomic mass is 79.9. The minimum atomic E-state index is 0.104. The van der Waals surface area contributed by atoms with Crippen LogP contribution in [0.15, 0.2) is 33.4 Å². The van der Waals surface area contributed by atoms with Crippen LogP contribution in [0, 0.1) is 0 Å². The van der Waals surface area contributed by atoms with Crippen LogP contribution < -0.4 is 10.2 Å². The molecule has 3 nitrogen and oxygen atoms in total. The standard InChI is InChI=1S/C16H22BrN3S/c1-16(2,3)18-9-13-6-5-7-15(19-13)20(4)10-12-8-14(17)21-11-12/h5-8,11,18H,9-10H2,1-4H3. The third-order valence-corrected chi connectivity index (χ3v) is 4.58. The van der Waals surface area contributed by atoms with Gasteiger partial charge in [-0.05, 0) is 65.8 Å². The van der Waals surface area contributed by atoms with Crippen molar-refractivity contribution in [2.45, 2.75) is 39.4 Å². The van der Waals surface area contributed by atoms with Gasteiger partial charge in [-0.3, -0.25) is 0 Å². The number of rotatable bonds is 5. The van der Waals surface area contributed by atoms with Crippen molar-refractivity contribution in [3.05, 3.63) is 44.7 Å². The summed E-state index contributed by atoms with van der Waals surface area (Å²) in [7, 11) is 2.08. The van der Waals surface area contributed by atoms with Gasteiger partial charge in [-0.2, -0.15) is 0 Å². The number of hydrogen-bond donors (Lipinski definition) is 1. The quantitative estimate of drug-likeness (QED) is 0.846. The highest BCUT2D eigenvalue weighted by Crippen LogP contribution is 2.22. The number of halogens is 1. The van der Waals surface area contributed by atoms with Gasteiger partial charge in [0.15, 0.2) is 0 Å². The van der Waals surface area contributed by atoms with E-state index in [1.807, 2.05) is 0 Å². The summed E-state index contributed by atoms with van der Waals surface area (Å²) in [5.41, 5.74) is 2.47. The van der Waals surface area contributed by atoms with Crippen LogP contribution in [0.5, 0.6) is 0 Å². The van der Waals surface area contributed by atoms with Crippen LogP contribution in [0.3, 0.4) is 0 Å². The Hall–Kier alpha value is -0.910. The van der Waals surface area contributed by atoms with Gasteiger partial charge >= 0.3 is 0 Å². The molecule has 114 valence electrons. The summed E-state index contributed by atoms with van der Waals surface area (Å²) in [4.78, 5) is 6.91. The zero-order chi connectivity index (χ0) is 15.5. The molecule has 0 aliphatic carbocycles. The molecular formula is C16H22BrN3S. The third-order valence-electron chi connectivity index (χ3n) is 3.02. The lowest BCUT2D eigenvalue weighted by Crippen LogP contribution is -2.35. The Morgan fingerprint density at radius 1 is 1.33 bits per heavy atom. The van der Waals surface area contributed by atoms with E-state index in [9.17, 15) is 0 Å². The van der Waals surface area contributed by atoms with Gasteiger partial charge in [0.2, 0.25) is 0 Å². The number of aromatic nitrogens is 1. The van der Waals surface area contributed by atoms with E-state index < -0.39 is 0 Å². The van der Waals surface area contributed by atoms with Gasteiger partial charge in [-0.1, -0.05) is 6.07 Å². The summed E-state index contributed by atoms with van der Waals surface area (Å²) >= 11 is 5.22. The monoisotopic (exact) mass is 367 g/mol. The highest BCUT2D eigenvalue weighted by molar-refractivity contribution is 9.11. The van der Waals surface area contributed by atoms with Crippen LogP contribution in [0.1, 0.15) is 32.0 Å². The maximum Gasteiger partial charge on any atom is 0.128 e. The minimum Gasteiger partial charge on any atom is -0.355 e. The van der Waals surface area contributed by atoms with Crippen molar-refractivity contribution in [3.8, 4) is 0 Å². The van der Waals surface area contributed by atoms with Crippen molar-refractivity contribution in [2.75, 3.05) is 11.9 Å². The zero-order valence-electron chi connectivity index (χ0n) is 13.0. The summed E-state index contributed by atoms with van der Waals surface area (Å²) in [6.45, 7) is 8.15. The lowest BCUT2D eigenvalue weighted by Gasteiger charge is -2.21. The Morgan fingerprint density at radius 3 is 2.71 bits per heavy atom. The Bertz CT molecular complexity index is 589. The molecule has 2 heterocycles. The molecule has 0 saturated heterocycles. The predicted molar refractivity (Wildman–Crippen MR) is 95.0 cm³/mol. The molecule has 0 atom stereocenters. The van der Waals surface area contributed by atoms with Crippen LogP contribution in [0.2, 0.25) is 0 Å². The maximum atomic E-state index is 4.73. The molecule has 1 N–H and O–H groups in total. The van der Waals surface area contributed by atoms with Gasteiger partial charge in [-0.15, -0.1) is 11.3 Å². The molecule has 0 saturated carbocycles. The van der Waals surface area contributed by atoms with Crippen molar-refractivity contribution >= 4 is 33.1 Å². The first-order chi connectivity index (χ1) is 9.83. The molecule has 2 rings (SSSR count). The molecule has 0 spiro atoms. The van der Waals surface area contributed by atoms with Gasteiger partial charge < -0.3 is 10.2 Å². The van der Waals surface area contributed by atoms with Crippen LogP contribution >= 0.6 is 27.3 Å². The Morgan fingerprint density at radius 2 is 2.10 bits per heavy atom. The molecule has 0 radical (unpaired) electrons. The normalized spacial score (nSPS) is 11.7. The van der Waals surface area contributed by atoms with E-state index in [2.05, 4.69) is 83.6 Å². The molecule has 5 heteroatoms. The fraction of sp³-hybridized carbons (Fsp3) is 0.438. The zero-order valence-corrected chi connectivity index (χ0v) is 15.4. The minimum absolute atomic E-state index is 0.104. The molecule has 0 fully saturated rings. The van der Waals surface area contributed by atoms with E-state index in [4.69, 9.17) is 4.98 Å². The van der Waals surface area contributed by atoms with Crippen LogP contribution in [-0.4, -0.2) is 17.6 Å². The van der Waals surface area contributed by atoms with Gasteiger partial charge in [0.25, 0.3) is 0 Å². The van der Waals surface area contributed by atoms with E-state index in [-0.39, 0.29) is 5.54 Å². The molecule has 0 unspecified atom stereocenters. The summed E-state index contributed by atoms with van der Waals surface area (Å²) in [6, 6.07) is 8.35. The number of thiophene rings is 1. The fourth-order valence-electron chi connectivity index (χ4n) is 1.92. The number of pyridine rings is 1. The van der Waals surface area contributed by atoms with Crippen molar-refractivity contribution in [1.29, 1.82) is 0 Å². The predicted octanol–water partition coefficient (Wildman–Crippen LogP) is 4.43. The van der Waals surface area contributed by atoms with E-state index in [0.29, 0.717) is 0 Å². The van der Waals surface area contributed by atoms with Crippen LogP contribution in [0.4, 0.5) is 5.82 Å². The van der Waals surface area contributed by atoms with Crippen molar-refractivity contribution in [3.63, 3.8) is 0 Å². The van der Waals surface area contributed by atoms with Crippen molar-refractivity contribution in [1.82, 2.24) is 10.3 Å². The molecule has 21 heavy (non-hydrogen) atoms. The summed E-state index contributed by atoms with van der Waals surface area (Å²) in [5.74, 6) is 1.01. The second kappa shape index (κ2) is 6.90. The molecule has 0 aliphatic rings. The lowest BCUT2D eigenvalue weighted by atomic mass is 10.1. The maximum absolute atomic E-state index is 4.73. The first-order valence-corrected chi connectivity index (χ1v) is 8.66. The van der Waals surface area contributed by atoms with Gasteiger partial charge in [0, 0.05) is 25.7 Å². The van der Waals surface area contributed by atoms with E-state index in [1.54, 1.807) is 11.3 Å². The van der Waals surface area contributed by atoms with Crippen molar-refractivity contribution < 1.29 is 0 Å². The van der Waals surface area contributed by atoms with Gasteiger partial charge in [0.05, 0.1) is 9.48 Å². The Balaban J connectivity index is 2.02. The number of anilines is 1. The molecule has 0 aromatic carbocycles. The average Bonchev–Trinajstić information content (AvgIpc) is 2.81. The SMILES string of the molecule is CN(Cc1csc(Br)c1)c1cccc(CNC(C)(C)C)n1. The van der Waals surface area contributed by atoms with Crippen LogP contribution in [0.25, 0.3) is 0 Å². The fourth-order valence-corrected chi connectivity index (χ4v) is 3.12. The van der Waals surface area contributed by atoms with E-state index in [0.717, 1.165) is 24.6 Å². The average molecular weight is 368 g/mol. The Kier molecular flexibility index (Phi) is 5.41. The second-order valence-corrected chi connectivity index (χ2v) is 8.50. The first kappa shape index (κ1) is 16.5. The molecular weight excluding hydrogens is 346 g/mol. The lowest BCUT2D eigenvalue weighted by molar-refractivity contribution is 0.421. The molecule has 2 aromatic heterocycles. The molecule has 0 bridgehead atoms. The van der Waals surface area contributed by atoms with Gasteiger partial charge in [-0.25, -0.2) is 4.98 Å². The summed E-state index contributed by atoms with van der Waals surface area (Å²) in [5, 5.41) is 5.64. The number of nitrogens with zero attached hydrogens (tertiary/aromatic N) is 2. The first-order valence-electron chi connectivity index (χ1n) is 6.98. The molecule has 0 amide bonds. The van der Waals surface area contributed by atoms with E-state index in [1.165, 1.54) is 9.35 Å². The smallest absolute Gasteiger partial charge is 0.128 e.